The van der Waals surface area contributed by atoms with E-state index in [2.05, 4.69) is 4.98 Å². The smallest absolute Gasteiger partial charge is 0.241 e. The van der Waals surface area contributed by atoms with Gasteiger partial charge >= 0.3 is 0 Å². The molecule has 0 bridgehead atoms. The zero-order chi connectivity index (χ0) is 10.1. The third kappa shape index (κ3) is 1.96. The Hall–Kier alpha value is -1.13. The van der Waals surface area contributed by atoms with Crippen molar-refractivity contribution in [1.29, 1.82) is 0 Å². The van der Waals surface area contributed by atoms with Crippen LogP contribution in [0.1, 0.15) is 12.5 Å². The van der Waals surface area contributed by atoms with E-state index in [1.807, 2.05) is 0 Å². The van der Waals surface area contributed by atoms with Gasteiger partial charge in [0, 0.05) is 6.20 Å². The number of primary amides is 1. The fraction of sp³-hybridized carbons (Fsp3) is 0.250. The number of carbonyl (C=O) groups is 1. The molecule has 0 fully saturated rings. The first-order valence-electron chi connectivity index (χ1n) is 3.65. The van der Waals surface area contributed by atoms with E-state index in [4.69, 9.17) is 23.1 Å². The Morgan fingerprint density at radius 3 is 2.77 bits per heavy atom. The van der Waals surface area contributed by atoms with E-state index in [0.29, 0.717) is 5.56 Å². The first kappa shape index (κ1) is 9.95. The van der Waals surface area contributed by atoms with Gasteiger partial charge in [-0.15, -0.1) is 0 Å². The molecule has 0 aliphatic heterocycles. The van der Waals surface area contributed by atoms with E-state index < -0.39 is 11.4 Å². The SMILES string of the molecule is CC(N)(C(N)=O)c1ccnc(Cl)c1. The summed E-state index contributed by atoms with van der Waals surface area (Å²) in [7, 11) is 0. The van der Waals surface area contributed by atoms with E-state index in [1.54, 1.807) is 6.07 Å². The van der Waals surface area contributed by atoms with Crippen LogP contribution in [0.2, 0.25) is 5.15 Å². The molecule has 0 saturated carbocycles. The minimum Gasteiger partial charge on any atom is -0.368 e. The first-order chi connectivity index (χ1) is 5.94. The van der Waals surface area contributed by atoms with Gasteiger partial charge in [0.2, 0.25) is 5.91 Å². The van der Waals surface area contributed by atoms with Gasteiger partial charge in [-0.3, -0.25) is 4.79 Å². The molecule has 4 nitrogen and oxygen atoms in total. The number of rotatable bonds is 2. The van der Waals surface area contributed by atoms with Crippen molar-refractivity contribution >= 4 is 17.5 Å². The fourth-order valence-corrected chi connectivity index (χ4v) is 1.04. The summed E-state index contributed by atoms with van der Waals surface area (Å²) in [4.78, 5) is 14.7. The number of hydrogen-bond donors (Lipinski definition) is 2. The summed E-state index contributed by atoms with van der Waals surface area (Å²) in [6.45, 7) is 1.53. The molecular weight excluding hydrogens is 190 g/mol. The highest BCUT2D eigenvalue weighted by molar-refractivity contribution is 6.29. The summed E-state index contributed by atoms with van der Waals surface area (Å²) in [6.07, 6.45) is 1.48. The van der Waals surface area contributed by atoms with Crippen molar-refractivity contribution in [2.75, 3.05) is 0 Å². The molecular formula is C8H10ClN3O. The Kier molecular flexibility index (Phi) is 2.54. The molecule has 70 valence electrons. The van der Waals surface area contributed by atoms with Crippen LogP contribution in [0.5, 0.6) is 0 Å². The second-order valence-electron chi connectivity index (χ2n) is 2.93. The van der Waals surface area contributed by atoms with Crippen molar-refractivity contribution in [1.82, 2.24) is 4.98 Å². The highest BCUT2D eigenvalue weighted by Crippen LogP contribution is 2.18. The van der Waals surface area contributed by atoms with Gasteiger partial charge in [0.05, 0.1) is 0 Å². The van der Waals surface area contributed by atoms with Gasteiger partial charge in [-0.2, -0.15) is 0 Å². The Morgan fingerprint density at radius 2 is 2.31 bits per heavy atom. The summed E-state index contributed by atoms with van der Waals surface area (Å²) in [5, 5.41) is 0.287. The summed E-state index contributed by atoms with van der Waals surface area (Å²) < 4.78 is 0. The third-order valence-corrected chi connectivity index (χ3v) is 2.04. The molecule has 0 radical (unpaired) electrons. The van der Waals surface area contributed by atoms with Crippen molar-refractivity contribution < 1.29 is 4.79 Å². The normalized spacial score (nSPS) is 15.0. The van der Waals surface area contributed by atoms with Crippen LogP contribution in [-0.4, -0.2) is 10.9 Å². The zero-order valence-electron chi connectivity index (χ0n) is 7.12. The van der Waals surface area contributed by atoms with Gasteiger partial charge in [-0.1, -0.05) is 11.6 Å². The highest BCUT2D eigenvalue weighted by atomic mass is 35.5. The zero-order valence-corrected chi connectivity index (χ0v) is 7.88. The maximum atomic E-state index is 11.0. The molecule has 4 N–H and O–H groups in total. The van der Waals surface area contributed by atoms with Gasteiger partial charge in [0.1, 0.15) is 10.7 Å². The Labute approximate surface area is 80.9 Å². The van der Waals surface area contributed by atoms with Crippen LogP contribution < -0.4 is 11.5 Å². The van der Waals surface area contributed by atoms with Gasteiger partial charge in [-0.25, -0.2) is 4.98 Å². The quantitative estimate of drug-likeness (QED) is 0.677. The minimum atomic E-state index is -1.20. The van der Waals surface area contributed by atoms with Gasteiger partial charge < -0.3 is 11.5 Å². The molecule has 0 aromatic carbocycles. The number of halogens is 1. The van der Waals surface area contributed by atoms with Crippen LogP contribution >= 0.6 is 11.6 Å². The molecule has 0 aliphatic rings. The summed E-state index contributed by atoms with van der Waals surface area (Å²) >= 11 is 5.64. The van der Waals surface area contributed by atoms with Gasteiger partial charge in [0.25, 0.3) is 0 Å². The lowest BCUT2D eigenvalue weighted by molar-refractivity contribution is -0.122. The van der Waals surface area contributed by atoms with Crippen LogP contribution in [0, 0.1) is 0 Å². The summed E-state index contributed by atoms with van der Waals surface area (Å²) in [5.41, 5.74) is 10.2. The Morgan fingerprint density at radius 1 is 1.69 bits per heavy atom. The predicted octanol–water partition coefficient (Wildman–Crippen LogP) is 0.394. The van der Waals surface area contributed by atoms with Crippen molar-refractivity contribution in [3.63, 3.8) is 0 Å². The third-order valence-electron chi connectivity index (χ3n) is 1.84. The molecule has 1 aromatic heterocycles. The molecule has 1 rings (SSSR count). The number of hydrogen-bond acceptors (Lipinski definition) is 3. The standard InChI is InChI=1S/C8H10ClN3O/c1-8(11,7(10)13)5-2-3-12-6(9)4-5/h2-4H,11H2,1H3,(H2,10,13). The van der Waals surface area contributed by atoms with Crippen LogP contribution in [-0.2, 0) is 10.3 Å². The second kappa shape index (κ2) is 3.32. The van der Waals surface area contributed by atoms with Crippen LogP contribution in [0.3, 0.4) is 0 Å². The molecule has 1 unspecified atom stereocenters. The van der Waals surface area contributed by atoms with Crippen molar-refractivity contribution in [3.05, 3.63) is 29.0 Å². The number of pyridine rings is 1. The second-order valence-corrected chi connectivity index (χ2v) is 3.32. The summed E-state index contributed by atoms with van der Waals surface area (Å²) in [5.74, 6) is -0.602. The van der Waals surface area contributed by atoms with Crippen LogP contribution in [0.25, 0.3) is 0 Å². The fourth-order valence-electron chi connectivity index (χ4n) is 0.868. The predicted molar refractivity (Wildman–Crippen MR) is 50.0 cm³/mol. The van der Waals surface area contributed by atoms with Crippen molar-refractivity contribution in [2.24, 2.45) is 11.5 Å². The molecule has 5 heteroatoms. The topological polar surface area (TPSA) is 82.0 Å². The maximum Gasteiger partial charge on any atom is 0.241 e. The lowest BCUT2D eigenvalue weighted by Crippen LogP contribution is -2.46. The molecule has 13 heavy (non-hydrogen) atoms. The molecule has 1 atom stereocenters. The average Bonchev–Trinajstić information content (AvgIpc) is 2.04. The highest BCUT2D eigenvalue weighted by Gasteiger charge is 2.28. The molecule has 1 amide bonds. The molecule has 0 spiro atoms. The first-order valence-corrected chi connectivity index (χ1v) is 4.03. The van der Waals surface area contributed by atoms with E-state index >= 15 is 0 Å². The van der Waals surface area contributed by atoms with E-state index in [9.17, 15) is 4.79 Å². The minimum absolute atomic E-state index is 0.287. The lowest BCUT2D eigenvalue weighted by atomic mass is 9.94. The number of nitrogens with zero attached hydrogens (tertiary/aromatic N) is 1. The van der Waals surface area contributed by atoms with Gasteiger partial charge in [0.15, 0.2) is 0 Å². The van der Waals surface area contributed by atoms with E-state index in [-0.39, 0.29) is 5.15 Å². The largest absolute Gasteiger partial charge is 0.368 e. The molecule has 0 saturated heterocycles. The molecule has 1 heterocycles. The van der Waals surface area contributed by atoms with E-state index in [1.165, 1.54) is 19.2 Å². The van der Waals surface area contributed by atoms with Crippen LogP contribution in [0.4, 0.5) is 0 Å². The van der Waals surface area contributed by atoms with E-state index in [0.717, 1.165) is 0 Å². The maximum absolute atomic E-state index is 11.0. The Bertz CT molecular complexity index is 338. The van der Waals surface area contributed by atoms with Crippen molar-refractivity contribution in [2.45, 2.75) is 12.5 Å². The van der Waals surface area contributed by atoms with Gasteiger partial charge in [-0.05, 0) is 24.6 Å². The molecule has 0 aliphatic carbocycles. The number of aromatic nitrogens is 1. The van der Waals surface area contributed by atoms with Crippen LogP contribution in [0.15, 0.2) is 18.3 Å². The Balaban J connectivity index is 3.14. The summed E-state index contributed by atoms with van der Waals surface area (Å²) in [6, 6.07) is 3.13. The number of amides is 1. The molecule has 1 aromatic rings. The average molecular weight is 200 g/mol. The number of carbonyl (C=O) groups excluding carboxylic acids is 1. The number of nitrogens with two attached hydrogens (primary N) is 2. The lowest BCUT2D eigenvalue weighted by Gasteiger charge is -2.20. The monoisotopic (exact) mass is 199 g/mol. The van der Waals surface area contributed by atoms with Crippen molar-refractivity contribution in [3.8, 4) is 0 Å².